The van der Waals surface area contributed by atoms with Gasteiger partial charge < -0.3 is 31.3 Å². The topological polar surface area (TPSA) is 161 Å². The van der Waals surface area contributed by atoms with Gasteiger partial charge in [0.05, 0.1) is 12.6 Å². The number of nitrogens with two attached hydrogens (primary N) is 1. The fraction of sp³-hybridized carbons (Fsp3) is 0.750. The van der Waals surface area contributed by atoms with Gasteiger partial charge in [-0.15, -0.1) is 0 Å². The number of aliphatic hydroxyl groups excluding tert-OH is 4. The molecular formula is C8H15NO7. The van der Waals surface area contributed by atoms with Gasteiger partial charge in [0.1, 0.15) is 24.7 Å². The number of carboxylic acids is 1. The second-order valence-corrected chi connectivity index (χ2v) is 3.29. The molecule has 7 N–H and O–H groups in total. The molecule has 16 heavy (non-hydrogen) atoms. The van der Waals surface area contributed by atoms with Crippen LogP contribution in [0.5, 0.6) is 0 Å². The van der Waals surface area contributed by atoms with E-state index in [0.29, 0.717) is 0 Å². The van der Waals surface area contributed by atoms with E-state index in [-0.39, 0.29) is 0 Å². The summed E-state index contributed by atoms with van der Waals surface area (Å²) < 4.78 is 0. The predicted octanol–water partition coefficient (Wildman–Crippen LogP) is -3.57. The van der Waals surface area contributed by atoms with Crippen LogP contribution in [0.25, 0.3) is 0 Å². The first-order chi connectivity index (χ1) is 7.31. The van der Waals surface area contributed by atoms with Crippen LogP contribution in [0.3, 0.4) is 0 Å². The minimum absolute atomic E-state index is 0.821. The zero-order valence-corrected chi connectivity index (χ0v) is 8.35. The van der Waals surface area contributed by atoms with E-state index in [9.17, 15) is 19.8 Å². The zero-order valence-electron chi connectivity index (χ0n) is 8.35. The van der Waals surface area contributed by atoms with Crippen LogP contribution < -0.4 is 5.73 Å². The van der Waals surface area contributed by atoms with Crippen molar-refractivity contribution in [3.05, 3.63) is 0 Å². The van der Waals surface area contributed by atoms with E-state index in [1.54, 1.807) is 0 Å². The van der Waals surface area contributed by atoms with E-state index in [1.165, 1.54) is 0 Å². The molecule has 0 aliphatic heterocycles. The highest BCUT2D eigenvalue weighted by Gasteiger charge is 2.33. The Morgan fingerprint density at radius 1 is 1.12 bits per heavy atom. The Balaban J connectivity index is 4.42. The average molecular weight is 237 g/mol. The van der Waals surface area contributed by atoms with Gasteiger partial charge in [0.15, 0.2) is 5.78 Å². The summed E-state index contributed by atoms with van der Waals surface area (Å²) >= 11 is 0. The lowest BCUT2D eigenvalue weighted by atomic mass is 9.97. The van der Waals surface area contributed by atoms with Crippen molar-refractivity contribution in [3.8, 4) is 0 Å². The molecule has 94 valence electrons. The van der Waals surface area contributed by atoms with Gasteiger partial charge in [-0.25, -0.2) is 0 Å². The molecule has 0 aromatic carbocycles. The number of rotatable bonds is 7. The van der Waals surface area contributed by atoms with Crippen LogP contribution in [0.1, 0.15) is 6.42 Å². The number of ketones is 1. The normalized spacial score (nSPS) is 18.6. The fourth-order valence-corrected chi connectivity index (χ4v) is 1.01. The molecule has 0 aromatic heterocycles. The van der Waals surface area contributed by atoms with Crippen molar-refractivity contribution in [1.29, 1.82) is 0 Å². The number of carbonyl (C=O) groups is 2. The zero-order chi connectivity index (χ0) is 12.9. The summed E-state index contributed by atoms with van der Waals surface area (Å²) in [5, 5.41) is 44.3. The van der Waals surface area contributed by atoms with Crippen LogP contribution in [0, 0.1) is 0 Å². The van der Waals surface area contributed by atoms with E-state index in [0.717, 1.165) is 0 Å². The molecule has 0 amide bonds. The van der Waals surface area contributed by atoms with E-state index in [2.05, 4.69) is 0 Å². The fourth-order valence-electron chi connectivity index (χ4n) is 1.01. The molecule has 8 nitrogen and oxygen atoms in total. The number of carboxylic acid groups (broad SMARTS) is 1. The summed E-state index contributed by atoms with van der Waals surface area (Å²) in [7, 11) is 0. The summed E-state index contributed by atoms with van der Waals surface area (Å²) in [6.07, 6.45) is -6.20. The molecule has 0 saturated heterocycles. The number of aliphatic hydroxyl groups is 4. The highest BCUT2D eigenvalue weighted by molar-refractivity contribution is 5.98. The quantitative estimate of drug-likeness (QED) is 0.248. The monoisotopic (exact) mass is 237 g/mol. The van der Waals surface area contributed by atoms with Crippen molar-refractivity contribution >= 4 is 11.8 Å². The molecule has 0 spiro atoms. The number of hydrogen-bond acceptors (Lipinski definition) is 7. The van der Waals surface area contributed by atoms with Gasteiger partial charge in [-0.2, -0.15) is 0 Å². The average Bonchev–Trinajstić information content (AvgIpc) is 2.23. The molecule has 0 fully saturated rings. The molecule has 8 heteroatoms. The molecule has 0 unspecified atom stereocenters. The molecule has 0 radical (unpaired) electrons. The molecular weight excluding hydrogens is 222 g/mol. The smallest absolute Gasteiger partial charge is 0.310 e. The van der Waals surface area contributed by atoms with Crippen molar-refractivity contribution in [1.82, 2.24) is 0 Å². The lowest BCUT2D eigenvalue weighted by molar-refractivity contribution is -0.142. The second-order valence-electron chi connectivity index (χ2n) is 3.29. The SMILES string of the molecule is N[C@@H](C(=O)CC(=O)O)[C@@H](O)[C@H](O)[C@H](O)CO. The van der Waals surface area contributed by atoms with Crippen LogP contribution in [0.4, 0.5) is 0 Å². The number of carbonyl (C=O) groups excluding carboxylic acids is 1. The van der Waals surface area contributed by atoms with Crippen LogP contribution in [0.15, 0.2) is 0 Å². The lowest BCUT2D eigenvalue weighted by Crippen LogP contribution is -2.53. The van der Waals surface area contributed by atoms with Crippen molar-refractivity contribution in [2.45, 2.75) is 30.8 Å². The predicted molar refractivity (Wildman–Crippen MR) is 50.3 cm³/mol. The summed E-state index contributed by atoms with van der Waals surface area (Å²) in [5.74, 6) is -2.39. The summed E-state index contributed by atoms with van der Waals surface area (Å²) in [6, 6.07) is -1.63. The Morgan fingerprint density at radius 3 is 2.00 bits per heavy atom. The Kier molecular flexibility index (Phi) is 6.08. The Morgan fingerprint density at radius 2 is 1.62 bits per heavy atom. The van der Waals surface area contributed by atoms with Gasteiger partial charge in [0.2, 0.25) is 0 Å². The highest BCUT2D eigenvalue weighted by atomic mass is 16.4. The first kappa shape index (κ1) is 14.9. The molecule has 0 aliphatic carbocycles. The first-order valence-electron chi connectivity index (χ1n) is 4.46. The van der Waals surface area contributed by atoms with Crippen molar-refractivity contribution in [3.63, 3.8) is 0 Å². The number of Topliss-reactive ketones (excluding diaryl/α,β-unsaturated/α-hetero) is 1. The van der Waals surface area contributed by atoms with Gasteiger partial charge in [-0.1, -0.05) is 0 Å². The Hall–Kier alpha value is -1.06. The summed E-state index contributed by atoms with van der Waals surface area (Å²) in [6.45, 7) is -0.821. The van der Waals surface area contributed by atoms with Crippen molar-refractivity contribution < 1.29 is 35.1 Å². The van der Waals surface area contributed by atoms with E-state index in [4.69, 9.17) is 21.1 Å². The Bertz CT molecular complexity index is 257. The molecule has 4 atom stereocenters. The molecule has 0 rings (SSSR count). The molecule has 0 aliphatic rings. The highest BCUT2D eigenvalue weighted by Crippen LogP contribution is 2.05. The summed E-state index contributed by atoms with van der Waals surface area (Å²) in [5.41, 5.74) is 5.19. The lowest BCUT2D eigenvalue weighted by Gasteiger charge is -2.25. The van der Waals surface area contributed by atoms with Crippen LogP contribution in [-0.2, 0) is 9.59 Å². The van der Waals surface area contributed by atoms with Gasteiger partial charge in [0.25, 0.3) is 0 Å². The number of aliphatic carboxylic acids is 1. The van der Waals surface area contributed by atoms with Crippen LogP contribution >= 0.6 is 0 Å². The maximum Gasteiger partial charge on any atom is 0.310 e. The third-order valence-electron chi connectivity index (χ3n) is 2.00. The maximum atomic E-state index is 11.1. The summed E-state index contributed by atoms with van der Waals surface area (Å²) in [4.78, 5) is 21.3. The standard InChI is InChI=1S/C8H15NO7/c9-6(3(11)1-5(13)14)8(16)7(15)4(12)2-10/h4,6-8,10,12,15-16H,1-2,9H2,(H,13,14)/t4-,6+,7-,8-/m1/s1. The van der Waals surface area contributed by atoms with Gasteiger partial charge in [-0.3, -0.25) is 9.59 Å². The van der Waals surface area contributed by atoms with Crippen LogP contribution in [0.2, 0.25) is 0 Å². The maximum absolute atomic E-state index is 11.1. The largest absolute Gasteiger partial charge is 0.481 e. The molecule has 0 heterocycles. The van der Waals surface area contributed by atoms with Crippen molar-refractivity contribution in [2.24, 2.45) is 5.73 Å². The molecule has 0 bridgehead atoms. The minimum Gasteiger partial charge on any atom is -0.481 e. The number of hydrogen-bond donors (Lipinski definition) is 6. The third-order valence-corrected chi connectivity index (χ3v) is 2.00. The molecule has 0 aromatic rings. The van der Waals surface area contributed by atoms with Gasteiger partial charge in [0, 0.05) is 0 Å². The Labute approximate surface area is 90.9 Å². The van der Waals surface area contributed by atoms with E-state index < -0.39 is 49.1 Å². The van der Waals surface area contributed by atoms with Gasteiger partial charge >= 0.3 is 5.97 Å². The van der Waals surface area contributed by atoms with E-state index >= 15 is 0 Å². The first-order valence-corrected chi connectivity index (χ1v) is 4.46. The second kappa shape index (κ2) is 6.51. The minimum atomic E-state index is -1.84. The molecule has 0 saturated carbocycles. The van der Waals surface area contributed by atoms with Gasteiger partial charge in [-0.05, 0) is 0 Å². The van der Waals surface area contributed by atoms with Crippen molar-refractivity contribution in [2.75, 3.05) is 6.61 Å². The van der Waals surface area contributed by atoms with E-state index in [1.807, 2.05) is 0 Å². The third kappa shape index (κ3) is 4.21. The van der Waals surface area contributed by atoms with Crippen LogP contribution in [-0.4, -0.2) is 68.2 Å².